The van der Waals surface area contributed by atoms with Crippen LogP contribution in [0.5, 0.6) is 0 Å². The highest BCUT2D eigenvalue weighted by Gasteiger charge is 2.15. The summed E-state index contributed by atoms with van der Waals surface area (Å²) in [5, 5.41) is 12.6. The number of rotatable bonds is 6. The van der Waals surface area contributed by atoms with Crippen molar-refractivity contribution in [3.05, 3.63) is 72.0 Å². The Morgan fingerprint density at radius 3 is 2.70 bits per heavy atom. The van der Waals surface area contributed by atoms with Crippen LogP contribution in [0.3, 0.4) is 0 Å². The highest BCUT2D eigenvalue weighted by atomic mass is 32.1. The minimum Gasteiger partial charge on any atom is -0.353 e. The summed E-state index contributed by atoms with van der Waals surface area (Å²) in [4.78, 5) is 27.3. The number of anilines is 1. The number of fused-ring (bicyclic) bond motifs is 2. The Kier molecular flexibility index (Phi) is 5.81. The van der Waals surface area contributed by atoms with Gasteiger partial charge in [-0.25, -0.2) is 4.98 Å². The molecule has 0 fully saturated rings. The van der Waals surface area contributed by atoms with E-state index in [4.69, 9.17) is 0 Å². The molecule has 0 aliphatic carbocycles. The smallest absolute Gasteiger partial charge is 0.224 e. The van der Waals surface area contributed by atoms with Crippen molar-refractivity contribution in [2.75, 3.05) is 5.32 Å². The number of aromatic amines is 2. The minimum absolute atomic E-state index is 0.0180. The van der Waals surface area contributed by atoms with E-state index < -0.39 is 0 Å². The van der Waals surface area contributed by atoms with E-state index in [1.54, 1.807) is 29.9 Å². The zero-order valence-electron chi connectivity index (χ0n) is 20.8. The van der Waals surface area contributed by atoms with Crippen LogP contribution in [-0.4, -0.2) is 31.1 Å². The summed E-state index contributed by atoms with van der Waals surface area (Å²) in [5.41, 5.74) is 7.18. The maximum absolute atomic E-state index is 12.2. The Balaban J connectivity index is 1.38. The zero-order chi connectivity index (χ0) is 25.5. The Morgan fingerprint density at radius 1 is 1.03 bits per heavy atom. The van der Waals surface area contributed by atoms with E-state index in [9.17, 15) is 4.79 Å². The van der Waals surface area contributed by atoms with Crippen LogP contribution in [0.25, 0.3) is 54.9 Å². The molecular weight excluding hydrogens is 480 g/mol. The predicted molar refractivity (Wildman–Crippen MR) is 151 cm³/mol. The molecule has 1 aromatic carbocycles. The number of aryl methyl sites for hydroxylation is 1. The van der Waals surface area contributed by atoms with E-state index in [2.05, 4.69) is 79.9 Å². The molecule has 8 heteroatoms. The number of amides is 1. The first-order valence-corrected chi connectivity index (χ1v) is 13.0. The normalized spacial score (nSPS) is 11.6. The first kappa shape index (κ1) is 23.1. The Labute approximate surface area is 218 Å². The number of H-pyrrole nitrogens is 2. The van der Waals surface area contributed by atoms with Crippen LogP contribution in [0, 0.1) is 12.8 Å². The van der Waals surface area contributed by atoms with Crippen LogP contribution in [-0.2, 0) is 4.79 Å². The van der Waals surface area contributed by atoms with Crippen LogP contribution in [0.1, 0.15) is 25.1 Å². The van der Waals surface area contributed by atoms with Crippen molar-refractivity contribution in [1.82, 2.24) is 25.1 Å². The molecule has 0 unspecified atom stereocenters. The number of carbonyl (C=O) groups excluding carboxylic acids is 1. The van der Waals surface area contributed by atoms with Crippen molar-refractivity contribution in [3.8, 4) is 33.0 Å². The molecule has 0 bridgehead atoms. The van der Waals surface area contributed by atoms with Crippen LogP contribution in [0.15, 0.2) is 67.1 Å². The molecule has 0 saturated carbocycles. The zero-order valence-corrected chi connectivity index (χ0v) is 21.6. The lowest BCUT2D eigenvalue weighted by molar-refractivity contribution is -0.116. The molecule has 5 aromatic heterocycles. The molecule has 7 nitrogen and oxygen atoms in total. The summed E-state index contributed by atoms with van der Waals surface area (Å²) in [5.74, 6) is 0.271. The molecule has 6 rings (SSSR count). The number of aromatic nitrogens is 5. The number of nitrogens with one attached hydrogen (secondary N) is 3. The van der Waals surface area contributed by atoms with Crippen molar-refractivity contribution in [2.45, 2.75) is 27.2 Å². The predicted octanol–water partition coefficient (Wildman–Crippen LogP) is 7.19. The van der Waals surface area contributed by atoms with Gasteiger partial charge in [-0.3, -0.25) is 14.9 Å². The molecule has 6 aromatic rings. The van der Waals surface area contributed by atoms with Crippen LogP contribution < -0.4 is 5.32 Å². The summed E-state index contributed by atoms with van der Waals surface area (Å²) < 4.78 is 0. The first-order chi connectivity index (χ1) is 17.9. The summed E-state index contributed by atoms with van der Waals surface area (Å²) in [7, 11) is 0. The number of thiophene rings is 1. The van der Waals surface area contributed by atoms with Crippen molar-refractivity contribution in [3.63, 3.8) is 0 Å². The maximum atomic E-state index is 12.2. The van der Waals surface area contributed by atoms with Gasteiger partial charge in [0.15, 0.2) is 5.65 Å². The summed E-state index contributed by atoms with van der Waals surface area (Å²) >= 11 is 1.80. The molecule has 0 atom stereocenters. The third kappa shape index (κ3) is 4.51. The van der Waals surface area contributed by atoms with Crippen molar-refractivity contribution in [2.24, 2.45) is 5.92 Å². The first-order valence-electron chi connectivity index (χ1n) is 12.2. The number of hydrogen-bond acceptors (Lipinski definition) is 5. The van der Waals surface area contributed by atoms with Crippen molar-refractivity contribution >= 4 is 44.9 Å². The number of benzene rings is 1. The standard InChI is InChI=1S/C29H26N6OS/c1-16(2)9-27(36)32-20-10-18(13-30-15-20)19-11-23-28(34-35-29(23)31-14-19)25-12-22-21(5-4-6-24(22)33-25)26-8-7-17(3)37-26/h4-8,10-16,33H,9H2,1-3H3,(H,32,36)(H,31,34,35). The second-order valence-corrected chi connectivity index (χ2v) is 11.0. The minimum atomic E-state index is -0.0180. The van der Waals surface area contributed by atoms with Gasteiger partial charge < -0.3 is 10.3 Å². The van der Waals surface area contributed by atoms with Gasteiger partial charge in [-0.05, 0) is 49.2 Å². The third-order valence-corrected chi connectivity index (χ3v) is 7.33. The third-order valence-electron chi connectivity index (χ3n) is 6.30. The second kappa shape index (κ2) is 9.29. The van der Waals surface area contributed by atoms with E-state index in [0.29, 0.717) is 17.8 Å². The van der Waals surface area contributed by atoms with E-state index in [1.165, 1.54) is 20.7 Å². The molecule has 0 aliphatic rings. The fourth-order valence-electron chi connectivity index (χ4n) is 4.60. The number of carbonyl (C=O) groups is 1. The van der Waals surface area contributed by atoms with Crippen LogP contribution in [0.4, 0.5) is 5.69 Å². The fraction of sp³-hybridized carbons (Fsp3) is 0.172. The molecule has 3 N–H and O–H groups in total. The quantitative estimate of drug-likeness (QED) is 0.223. The average Bonchev–Trinajstić information content (AvgIpc) is 3.60. The second-order valence-electron chi connectivity index (χ2n) is 9.66. The molecule has 184 valence electrons. The van der Waals surface area contributed by atoms with Gasteiger partial charge in [0.1, 0.15) is 0 Å². The average molecular weight is 507 g/mol. The van der Waals surface area contributed by atoms with Gasteiger partial charge >= 0.3 is 0 Å². The summed E-state index contributed by atoms with van der Waals surface area (Å²) in [6.45, 7) is 6.17. The molecule has 5 heterocycles. The van der Waals surface area contributed by atoms with Gasteiger partial charge in [-0.15, -0.1) is 11.3 Å². The molecule has 0 saturated heterocycles. The largest absolute Gasteiger partial charge is 0.353 e. The van der Waals surface area contributed by atoms with E-state index in [-0.39, 0.29) is 11.8 Å². The molecule has 0 spiro atoms. The number of nitrogens with zero attached hydrogens (tertiary/aromatic N) is 3. The van der Waals surface area contributed by atoms with Gasteiger partial charge in [0.2, 0.25) is 5.91 Å². The maximum Gasteiger partial charge on any atom is 0.224 e. The monoisotopic (exact) mass is 506 g/mol. The Bertz CT molecular complexity index is 1760. The van der Waals surface area contributed by atoms with Crippen molar-refractivity contribution in [1.29, 1.82) is 0 Å². The summed E-state index contributed by atoms with van der Waals surface area (Å²) in [6.07, 6.45) is 5.69. The van der Waals surface area contributed by atoms with Crippen LogP contribution >= 0.6 is 11.3 Å². The molecular formula is C29H26N6OS. The van der Waals surface area contributed by atoms with E-state index >= 15 is 0 Å². The van der Waals surface area contributed by atoms with E-state index in [1.807, 2.05) is 19.9 Å². The number of pyridine rings is 2. The molecule has 0 aliphatic heterocycles. The van der Waals surface area contributed by atoms with Gasteiger partial charge in [0.05, 0.1) is 23.3 Å². The topological polar surface area (TPSA) is 99.3 Å². The van der Waals surface area contributed by atoms with Crippen molar-refractivity contribution < 1.29 is 4.79 Å². The lowest BCUT2D eigenvalue weighted by Gasteiger charge is -2.08. The van der Waals surface area contributed by atoms with Gasteiger partial charge in [-0.1, -0.05) is 26.0 Å². The highest BCUT2D eigenvalue weighted by molar-refractivity contribution is 7.15. The Hall–Kier alpha value is -4.30. The molecule has 37 heavy (non-hydrogen) atoms. The molecule has 1 amide bonds. The highest BCUT2D eigenvalue weighted by Crippen LogP contribution is 2.37. The van der Waals surface area contributed by atoms with Gasteiger partial charge in [0, 0.05) is 61.5 Å². The Morgan fingerprint density at radius 2 is 1.89 bits per heavy atom. The van der Waals surface area contributed by atoms with Gasteiger partial charge in [-0.2, -0.15) is 5.10 Å². The van der Waals surface area contributed by atoms with E-state index in [0.717, 1.165) is 33.4 Å². The fourth-order valence-corrected chi connectivity index (χ4v) is 5.50. The van der Waals surface area contributed by atoms with Gasteiger partial charge in [0.25, 0.3) is 0 Å². The number of hydrogen-bond donors (Lipinski definition) is 3. The summed E-state index contributed by atoms with van der Waals surface area (Å²) in [6, 6.07) is 16.8. The SMILES string of the molecule is Cc1ccc(-c2cccc3[nH]c(-c4[nH]nc5ncc(-c6cncc(NC(=O)CC(C)C)c6)cc45)cc23)s1. The van der Waals surface area contributed by atoms with Crippen LogP contribution in [0.2, 0.25) is 0 Å². The lowest BCUT2D eigenvalue weighted by Crippen LogP contribution is -2.13. The lowest BCUT2D eigenvalue weighted by atomic mass is 10.1. The molecule has 0 radical (unpaired) electrons.